The lowest BCUT2D eigenvalue weighted by atomic mass is 9.91. The second kappa shape index (κ2) is 4.27. The molecule has 1 aliphatic rings. The Morgan fingerprint density at radius 2 is 2.00 bits per heavy atom. The fourth-order valence-electron chi connectivity index (χ4n) is 2.64. The van der Waals surface area contributed by atoms with E-state index in [1.54, 1.807) is 11.5 Å². The Hall–Kier alpha value is -1.13. The number of fused-ring (bicyclic) bond motifs is 1. The summed E-state index contributed by atoms with van der Waals surface area (Å²) in [7, 11) is 0. The van der Waals surface area contributed by atoms with Crippen molar-refractivity contribution >= 4 is 21.6 Å². The number of benzene rings is 1. The smallest absolute Gasteiger partial charge is 0.268 e. The first-order valence-electron chi connectivity index (χ1n) is 6.13. The van der Waals surface area contributed by atoms with E-state index in [-0.39, 0.29) is 17.6 Å². The Kier molecular flexibility index (Phi) is 2.76. The molecule has 90 valence electrons. The van der Waals surface area contributed by atoms with E-state index in [1.165, 1.54) is 12.8 Å². The molecule has 0 unspecified atom stereocenters. The van der Waals surface area contributed by atoms with Gasteiger partial charge in [0.25, 0.3) is 5.56 Å². The van der Waals surface area contributed by atoms with Gasteiger partial charge in [-0.3, -0.25) is 8.75 Å². The Morgan fingerprint density at radius 1 is 1.24 bits per heavy atom. The van der Waals surface area contributed by atoms with E-state index in [0.29, 0.717) is 0 Å². The van der Waals surface area contributed by atoms with Gasteiger partial charge in [-0.2, -0.15) is 0 Å². The third-order valence-corrected chi connectivity index (χ3v) is 4.78. The number of aromatic nitrogens is 1. The fraction of sp³-hybridized carbons (Fsp3) is 0.462. The van der Waals surface area contributed by atoms with Crippen molar-refractivity contribution in [3.8, 4) is 0 Å². The van der Waals surface area contributed by atoms with Crippen LogP contribution in [0, 0.1) is 0 Å². The average molecular weight is 248 g/mol. The fourth-order valence-corrected chi connectivity index (χ4v) is 3.82. The maximum Gasteiger partial charge on any atom is 0.268 e. The van der Waals surface area contributed by atoms with Crippen LogP contribution >= 0.6 is 11.5 Å². The molecule has 2 aromatic rings. The molecular weight excluding hydrogens is 232 g/mol. The number of hydrogen-bond acceptors (Lipinski definition) is 3. The van der Waals surface area contributed by atoms with E-state index in [2.05, 4.69) is 0 Å². The summed E-state index contributed by atoms with van der Waals surface area (Å²) < 4.78 is 2.96. The number of nitrogens with two attached hydrogens (primary N) is 1. The maximum absolute atomic E-state index is 12.3. The molecule has 4 heteroatoms. The predicted octanol–water partition coefficient (Wildman–Crippen LogP) is 2.51. The van der Waals surface area contributed by atoms with Crippen LogP contribution in [0.1, 0.15) is 31.7 Å². The van der Waals surface area contributed by atoms with Crippen LogP contribution in [0.5, 0.6) is 0 Å². The van der Waals surface area contributed by atoms with Crippen LogP contribution in [0.4, 0.5) is 0 Å². The van der Waals surface area contributed by atoms with Crippen molar-refractivity contribution in [3.05, 3.63) is 34.6 Å². The number of nitrogens with zero attached hydrogens (tertiary/aromatic N) is 1. The zero-order valence-corrected chi connectivity index (χ0v) is 10.5. The van der Waals surface area contributed by atoms with Gasteiger partial charge in [-0.25, -0.2) is 0 Å². The highest BCUT2D eigenvalue weighted by Gasteiger charge is 2.25. The van der Waals surface area contributed by atoms with Crippen LogP contribution < -0.4 is 11.3 Å². The Bertz CT molecular complexity index is 586. The molecule has 1 saturated carbocycles. The van der Waals surface area contributed by atoms with Crippen molar-refractivity contribution in [2.45, 2.75) is 37.8 Å². The van der Waals surface area contributed by atoms with E-state index in [9.17, 15) is 4.79 Å². The van der Waals surface area contributed by atoms with Crippen LogP contribution in [0.3, 0.4) is 0 Å². The molecule has 1 aromatic carbocycles. The molecule has 0 bridgehead atoms. The van der Waals surface area contributed by atoms with Crippen molar-refractivity contribution < 1.29 is 0 Å². The van der Waals surface area contributed by atoms with E-state index in [0.717, 1.165) is 22.9 Å². The lowest BCUT2D eigenvalue weighted by Crippen LogP contribution is -2.37. The summed E-state index contributed by atoms with van der Waals surface area (Å²) in [6.45, 7) is 0. The Balaban J connectivity index is 2.11. The first kappa shape index (κ1) is 11.0. The highest BCUT2D eigenvalue weighted by Crippen LogP contribution is 2.29. The highest BCUT2D eigenvalue weighted by molar-refractivity contribution is 7.13. The van der Waals surface area contributed by atoms with Gasteiger partial charge in [-0.15, -0.1) is 0 Å². The standard InChI is InChI=1S/C13H16N2OS/c14-10-6-2-3-7-11(10)15-13(16)9-5-1-4-8-12(9)17-15/h1,4-5,8,10-11H,2-3,6-7,14H2/t10-,11-/m1/s1. The molecule has 0 aliphatic heterocycles. The largest absolute Gasteiger partial charge is 0.326 e. The molecule has 0 radical (unpaired) electrons. The first-order chi connectivity index (χ1) is 8.27. The minimum absolute atomic E-state index is 0.132. The molecule has 0 amide bonds. The zero-order chi connectivity index (χ0) is 11.8. The number of rotatable bonds is 1. The van der Waals surface area contributed by atoms with Crippen LogP contribution in [0.15, 0.2) is 29.1 Å². The van der Waals surface area contributed by atoms with E-state index in [4.69, 9.17) is 5.73 Å². The molecule has 0 spiro atoms. The molecule has 1 fully saturated rings. The molecule has 2 N–H and O–H groups in total. The van der Waals surface area contributed by atoms with Crippen LogP contribution in [-0.4, -0.2) is 10.00 Å². The molecular formula is C13H16N2OS. The first-order valence-corrected chi connectivity index (χ1v) is 6.91. The molecule has 1 heterocycles. The van der Waals surface area contributed by atoms with E-state index >= 15 is 0 Å². The van der Waals surface area contributed by atoms with E-state index in [1.807, 2.05) is 28.2 Å². The van der Waals surface area contributed by atoms with E-state index < -0.39 is 0 Å². The molecule has 3 nitrogen and oxygen atoms in total. The summed E-state index contributed by atoms with van der Waals surface area (Å²) in [4.78, 5) is 12.3. The summed E-state index contributed by atoms with van der Waals surface area (Å²) in [5.74, 6) is 0. The predicted molar refractivity (Wildman–Crippen MR) is 71.6 cm³/mol. The van der Waals surface area contributed by atoms with Gasteiger partial charge in [0.15, 0.2) is 0 Å². The van der Waals surface area contributed by atoms with Crippen LogP contribution in [0.25, 0.3) is 10.1 Å². The van der Waals surface area contributed by atoms with Gasteiger partial charge >= 0.3 is 0 Å². The molecule has 1 aliphatic carbocycles. The van der Waals surface area contributed by atoms with Crippen LogP contribution in [0.2, 0.25) is 0 Å². The second-order valence-electron chi connectivity index (χ2n) is 4.73. The molecule has 0 saturated heterocycles. The summed E-state index contributed by atoms with van der Waals surface area (Å²) in [6, 6.07) is 8.14. The minimum atomic E-state index is 0.132. The topological polar surface area (TPSA) is 48.0 Å². The monoisotopic (exact) mass is 248 g/mol. The quantitative estimate of drug-likeness (QED) is 0.843. The molecule has 2 atom stereocenters. The number of hydrogen-bond donors (Lipinski definition) is 1. The van der Waals surface area contributed by atoms with Crippen molar-refractivity contribution in [3.63, 3.8) is 0 Å². The van der Waals surface area contributed by atoms with Gasteiger partial charge in [-0.1, -0.05) is 36.5 Å². The third-order valence-electron chi connectivity index (χ3n) is 3.60. The second-order valence-corrected chi connectivity index (χ2v) is 5.75. The van der Waals surface area contributed by atoms with Gasteiger partial charge < -0.3 is 5.73 Å². The Labute approximate surface area is 104 Å². The highest BCUT2D eigenvalue weighted by atomic mass is 32.1. The summed E-state index contributed by atoms with van der Waals surface area (Å²) in [5.41, 5.74) is 6.28. The van der Waals surface area contributed by atoms with Gasteiger partial charge in [0.05, 0.1) is 16.1 Å². The van der Waals surface area contributed by atoms with Crippen molar-refractivity contribution in [1.29, 1.82) is 0 Å². The van der Waals surface area contributed by atoms with Gasteiger partial charge in [-0.05, 0) is 25.0 Å². The van der Waals surface area contributed by atoms with Gasteiger partial charge in [0.1, 0.15) is 0 Å². The Morgan fingerprint density at radius 3 is 2.76 bits per heavy atom. The van der Waals surface area contributed by atoms with Gasteiger partial charge in [0, 0.05) is 6.04 Å². The lowest BCUT2D eigenvalue weighted by Gasteiger charge is -2.28. The average Bonchev–Trinajstić information content (AvgIpc) is 2.68. The molecule has 17 heavy (non-hydrogen) atoms. The SMILES string of the molecule is N[C@@H]1CCCC[C@H]1n1sc2ccccc2c1=O. The third kappa shape index (κ3) is 1.81. The van der Waals surface area contributed by atoms with Crippen LogP contribution in [-0.2, 0) is 0 Å². The normalized spacial score (nSPS) is 25.2. The van der Waals surface area contributed by atoms with Crippen molar-refractivity contribution in [2.75, 3.05) is 0 Å². The van der Waals surface area contributed by atoms with Gasteiger partial charge in [0.2, 0.25) is 0 Å². The lowest BCUT2D eigenvalue weighted by molar-refractivity contribution is 0.317. The minimum Gasteiger partial charge on any atom is -0.326 e. The summed E-state index contributed by atoms with van der Waals surface area (Å²) in [5, 5.41) is 0.829. The summed E-state index contributed by atoms with van der Waals surface area (Å²) >= 11 is 1.56. The summed E-state index contributed by atoms with van der Waals surface area (Å²) in [6.07, 6.45) is 4.44. The maximum atomic E-state index is 12.3. The van der Waals surface area contributed by atoms with Crippen molar-refractivity contribution in [2.24, 2.45) is 5.73 Å². The molecule has 1 aromatic heterocycles. The van der Waals surface area contributed by atoms with Crippen molar-refractivity contribution in [1.82, 2.24) is 3.96 Å². The molecule has 3 rings (SSSR count). The zero-order valence-electron chi connectivity index (χ0n) is 9.63.